The second-order valence-electron chi connectivity index (χ2n) is 7.77. The summed E-state index contributed by atoms with van der Waals surface area (Å²) in [6.07, 6.45) is 5.83. The van der Waals surface area contributed by atoms with Gasteiger partial charge in [-0.2, -0.15) is 0 Å². The molecule has 0 radical (unpaired) electrons. The lowest BCUT2D eigenvalue weighted by molar-refractivity contribution is -0.134. The van der Waals surface area contributed by atoms with Crippen molar-refractivity contribution in [1.82, 2.24) is 14.8 Å². The van der Waals surface area contributed by atoms with Gasteiger partial charge >= 0.3 is 0 Å². The third-order valence-electron chi connectivity index (χ3n) is 5.59. The van der Waals surface area contributed by atoms with E-state index in [1.807, 2.05) is 30.1 Å². The molecule has 0 spiro atoms. The summed E-state index contributed by atoms with van der Waals surface area (Å²) in [6.45, 7) is 4.73. The number of likely N-dealkylation sites (N-methyl/N-ethyl adjacent to an activating group) is 1. The lowest BCUT2D eigenvalue weighted by Gasteiger charge is -2.34. The molecule has 3 heterocycles. The van der Waals surface area contributed by atoms with Crippen LogP contribution in [0.25, 0.3) is 0 Å². The number of hydrogen-bond acceptors (Lipinski definition) is 5. The molecule has 158 valence electrons. The minimum atomic E-state index is -0.0919. The van der Waals surface area contributed by atoms with Crippen LogP contribution in [-0.4, -0.2) is 66.5 Å². The molecule has 0 bridgehead atoms. The first-order chi connectivity index (χ1) is 14.0. The first-order valence-corrected chi connectivity index (χ1v) is 10.4. The average Bonchev–Trinajstić information content (AvgIpc) is 2.76. The van der Waals surface area contributed by atoms with Crippen molar-refractivity contribution < 1.29 is 19.1 Å². The van der Waals surface area contributed by atoms with Crippen molar-refractivity contribution >= 4 is 11.8 Å². The zero-order chi connectivity index (χ0) is 20.6. The van der Waals surface area contributed by atoms with Crippen LogP contribution in [0.15, 0.2) is 35.9 Å². The van der Waals surface area contributed by atoms with E-state index in [0.29, 0.717) is 50.2 Å². The number of nitrogens with zero attached hydrogens (tertiary/aromatic N) is 3. The Hall–Kier alpha value is -2.57. The average molecular weight is 402 g/mol. The summed E-state index contributed by atoms with van der Waals surface area (Å²) >= 11 is 0. The minimum Gasteiger partial charge on any atom is -0.491 e. The third kappa shape index (κ3) is 5.95. The number of pyridine rings is 1. The lowest BCUT2D eigenvalue weighted by Crippen LogP contribution is -2.42. The van der Waals surface area contributed by atoms with Gasteiger partial charge < -0.3 is 19.3 Å². The third-order valence-corrected chi connectivity index (χ3v) is 5.59. The van der Waals surface area contributed by atoms with E-state index in [9.17, 15) is 9.59 Å². The summed E-state index contributed by atoms with van der Waals surface area (Å²) in [5, 5.41) is 0. The first kappa shape index (κ1) is 21.1. The molecule has 0 N–H and O–H groups in total. The zero-order valence-corrected chi connectivity index (χ0v) is 17.4. The standard InChI is InChI=1S/C22H31N3O4/c1-17-21(29-15-14-28-17)22(27)25-12-5-6-18(16-25)8-9-20(26)24(2)13-10-19-7-3-4-11-23-19/h3-4,7,11,18H,5-6,8-10,12-16H2,1-2H3/t18-/m0/s1. The number of hydrogen-bond donors (Lipinski definition) is 0. The molecule has 7 nitrogen and oxygen atoms in total. The summed E-state index contributed by atoms with van der Waals surface area (Å²) in [6, 6.07) is 5.83. The monoisotopic (exact) mass is 401 g/mol. The Balaban J connectivity index is 1.44. The van der Waals surface area contributed by atoms with Crippen molar-refractivity contribution in [2.75, 3.05) is 39.9 Å². The van der Waals surface area contributed by atoms with Crippen molar-refractivity contribution in [2.24, 2.45) is 5.92 Å². The van der Waals surface area contributed by atoms with Crippen LogP contribution in [0, 0.1) is 5.92 Å². The fourth-order valence-corrected chi connectivity index (χ4v) is 3.82. The molecular weight excluding hydrogens is 370 g/mol. The van der Waals surface area contributed by atoms with E-state index >= 15 is 0 Å². The molecule has 7 heteroatoms. The maximum atomic E-state index is 12.8. The largest absolute Gasteiger partial charge is 0.491 e. The molecule has 2 aliphatic rings. The summed E-state index contributed by atoms with van der Waals surface area (Å²) in [4.78, 5) is 33.2. The summed E-state index contributed by atoms with van der Waals surface area (Å²) in [7, 11) is 1.84. The highest BCUT2D eigenvalue weighted by Crippen LogP contribution is 2.24. The second-order valence-corrected chi connectivity index (χ2v) is 7.77. The first-order valence-electron chi connectivity index (χ1n) is 10.4. The van der Waals surface area contributed by atoms with Gasteiger partial charge in [0.05, 0.1) is 0 Å². The molecule has 2 aliphatic heterocycles. The fourth-order valence-electron chi connectivity index (χ4n) is 3.82. The molecule has 0 unspecified atom stereocenters. The molecular formula is C22H31N3O4. The molecule has 1 atom stereocenters. The molecule has 0 saturated carbocycles. The van der Waals surface area contributed by atoms with Crippen LogP contribution in [-0.2, 0) is 25.5 Å². The molecule has 1 saturated heterocycles. The van der Waals surface area contributed by atoms with Gasteiger partial charge in [-0.1, -0.05) is 6.07 Å². The Morgan fingerprint density at radius 1 is 1.28 bits per heavy atom. The van der Waals surface area contributed by atoms with Crippen molar-refractivity contribution in [3.05, 3.63) is 41.6 Å². The van der Waals surface area contributed by atoms with E-state index in [-0.39, 0.29) is 11.8 Å². The predicted molar refractivity (Wildman–Crippen MR) is 109 cm³/mol. The molecule has 1 aromatic rings. The number of carbonyl (C=O) groups is 2. The molecule has 0 aromatic carbocycles. The molecule has 2 amide bonds. The van der Waals surface area contributed by atoms with Gasteiger partial charge in [0.25, 0.3) is 5.91 Å². The van der Waals surface area contributed by atoms with Gasteiger partial charge in [-0.3, -0.25) is 14.6 Å². The van der Waals surface area contributed by atoms with Crippen molar-refractivity contribution in [3.8, 4) is 0 Å². The Morgan fingerprint density at radius 2 is 2.10 bits per heavy atom. The van der Waals surface area contributed by atoms with Crippen molar-refractivity contribution in [3.63, 3.8) is 0 Å². The van der Waals surface area contributed by atoms with Gasteiger partial charge in [0.2, 0.25) is 11.7 Å². The highest BCUT2D eigenvalue weighted by atomic mass is 16.6. The Kier molecular flexibility index (Phi) is 7.49. The van der Waals surface area contributed by atoms with E-state index in [1.165, 1.54) is 0 Å². The zero-order valence-electron chi connectivity index (χ0n) is 17.4. The highest BCUT2D eigenvalue weighted by Gasteiger charge is 2.29. The molecule has 0 aliphatic carbocycles. The van der Waals surface area contributed by atoms with E-state index in [2.05, 4.69) is 4.98 Å². The maximum Gasteiger partial charge on any atom is 0.292 e. The van der Waals surface area contributed by atoms with Crippen molar-refractivity contribution in [1.29, 1.82) is 0 Å². The Labute approximate surface area is 172 Å². The Bertz CT molecular complexity index is 735. The van der Waals surface area contributed by atoms with Crippen LogP contribution in [0.2, 0.25) is 0 Å². The number of amides is 2. The molecule has 1 fully saturated rings. The van der Waals surface area contributed by atoms with Gasteiger partial charge in [-0.05, 0) is 44.2 Å². The van der Waals surface area contributed by atoms with Gasteiger partial charge in [0.1, 0.15) is 19.0 Å². The van der Waals surface area contributed by atoms with E-state index in [1.54, 1.807) is 18.0 Å². The van der Waals surface area contributed by atoms with E-state index in [4.69, 9.17) is 9.47 Å². The summed E-state index contributed by atoms with van der Waals surface area (Å²) < 4.78 is 11.0. The van der Waals surface area contributed by atoms with Crippen LogP contribution >= 0.6 is 0 Å². The maximum absolute atomic E-state index is 12.8. The molecule has 3 rings (SSSR count). The van der Waals surface area contributed by atoms with Gasteiger partial charge in [0, 0.05) is 51.4 Å². The quantitative estimate of drug-likeness (QED) is 0.701. The van der Waals surface area contributed by atoms with E-state index in [0.717, 1.165) is 37.9 Å². The number of rotatable bonds is 7. The van der Waals surface area contributed by atoms with Gasteiger partial charge in [-0.25, -0.2) is 0 Å². The minimum absolute atomic E-state index is 0.0919. The summed E-state index contributed by atoms with van der Waals surface area (Å²) in [5.74, 6) is 1.29. The smallest absolute Gasteiger partial charge is 0.292 e. The number of allylic oxidation sites excluding steroid dienone is 1. The summed E-state index contributed by atoms with van der Waals surface area (Å²) in [5.41, 5.74) is 0.993. The number of aromatic nitrogens is 1. The number of carbonyl (C=O) groups excluding carboxylic acids is 2. The number of piperidine rings is 1. The van der Waals surface area contributed by atoms with Crippen LogP contribution in [0.3, 0.4) is 0 Å². The Morgan fingerprint density at radius 3 is 2.86 bits per heavy atom. The SMILES string of the molecule is CC1=C(C(=O)N2CCC[C@@H](CCC(=O)N(C)CCc3ccccn3)C2)OCCO1. The second kappa shape index (κ2) is 10.3. The molecule has 1 aromatic heterocycles. The molecule has 29 heavy (non-hydrogen) atoms. The van der Waals surface area contributed by atoms with Crippen LogP contribution in [0.1, 0.15) is 38.3 Å². The topological polar surface area (TPSA) is 72.0 Å². The highest BCUT2D eigenvalue weighted by molar-refractivity contribution is 5.92. The normalized spacial score (nSPS) is 19.4. The number of likely N-dealkylation sites (tertiary alicyclic amines) is 1. The van der Waals surface area contributed by atoms with E-state index < -0.39 is 0 Å². The predicted octanol–water partition coefficient (Wildman–Crippen LogP) is 2.38. The lowest BCUT2D eigenvalue weighted by atomic mass is 9.93. The fraction of sp³-hybridized carbons (Fsp3) is 0.591. The van der Waals surface area contributed by atoms with Gasteiger partial charge in [-0.15, -0.1) is 0 Å². The number of ether oxygens (including phenoxy) is 2. The van der Waals surface area contributed by atoms with Crippen molar-refractivity contribution in [2.45, 2.75) is 39.0 Å². The van der Waals surface area contributed by atoms with Crippen LogP contribution < -0.4 is 0 Å². The van der Waals surface area contributed by atoms with Crippen LogP contribution in [0.4, 0.5) is 0 Å². The van der Waals surface area contributed by atoms with Crippen LogP contribution in [0.5, 0.6) is 0 Å². The van der Waals surface area contributed by atoms with Gasteiger partial charge in [0.15, 0.2) is 0 Å².